The average molecular weight is 463 g/mol. The lowest BCUT2D eigenvalue weighted by molar-refractivity contribution is -0.115. The zero-order valence-corrected chi connectivity index (χ0v) is 17.4. The molecular weight excluding hydrogens is 447 g/mol. The van der Waals surface area contributed by atoms with E-state index in [9.17, 15) is 22.4 Å². The number of carbonyl (C=O) groups is 2. The van der Waals surface area contributed by atoms with Gasteiger partial charge < -0.3 is 10.4 Å². The van der Waals surface area contributed by atoms with E-state index < -0.39 is 27.7 Å². The zero-order valence-electron chi connectivity index (χ0n) is 15.8. The lowest BCUT2D eigenvalue weighted by atomic mass is 10.0. The first-order chi connectivity index (χ1) is 14.5. The summed E-state index contributed by atoms with van der Waals surface area (Å²) in [4.78, 5) is 23.3. The normalized spacial score (nSPS) is 11.2. The Kier molecular flexibility index (Phi) is 6.40. The van der Waals surface area contributed by atoms with E-state index in [1.54, 1.807) is 24.3 Å². The Morgan fingerprint density at radius 1 is 1.06 bits per heavy atom. The van der Waals surface area contributed by atoms with Crippen LogP contribution >= 0.6 is 11.6 Å². The van der Waals surface area contributed by atoms with Gasteiger partial charge in [0.15, 0.2) is 0 Å². The number of nitrogens with one attached hydrogen (secondary N) is 1. The van der Waals surface area contributed by atoms with Gasteiger partial charge in [0, 0.05) is 16.3 Å². The van der Waals surface area contributed by atoms with Gasteiger partial charge in [-0.1, -0.05) is 29.8 Å². The molecule has 0 aliphatic carbocycles. The first kappa shape index (κ1) is 22.4. The molecule has 0 radical (unpaired) electrons. The summed E-state index contributed by atoms with van der Waals surface area (Å²) in [7, 11) is -4.21. The predicted octanol–water partition coefficient (Wildman–Crippen LogP) is 3.67. The van der Waals surface area contributed by atoms with Gasteiger partial charge in [-0.15, -0.1) is 0 Å². The molecule has 160 valence electrons. The minimum Gasteiger partial charge on any atom is -0.478 e. The number of rotatable bonds is 6. The van der Waals surface area contributed by atoms with Crippen molar-refractivity contribution in [1.29, 1.82) is 0 Å². The van der Waals surface area contributed by atoms with Crippen molar-refractivity contribution in [2.45, 2.75) is 11.3 Å². The highest BCUT2D eigenvalue weighted by Crippen LogP contribution is 2.30. The van der Waals surface area contributed by atoms with Crippen LogP contribution in [0.5, 0.6) is 0 Å². The minimum absolute atomic E-state index is 0.0279. The molecule has 3 aromatic carbocycles. The summed E-state index contributed by atoms with van der Waals surface area (Å²) in [6.45, 7) is 0. The quantitative estimate of drug-likeness (QED) is 0.515. The van der Waals surface area contributed by atoms with E-state index in [0.29, 0.717) is 10.6 Å². The van der Waals surface area contributed by atoms with Crippen LogP contribution < -0.4 is 10.5 Å². The van der Waals surface area contributed by atoms with E-state index in [4.69, 9.17) is 21.8 Å². The molecule has 0 saturated heterocycles. The number of hydrogen-bond acceptors (Lipinski definition) is 4. The second-order valence-electron chi connectivity index (χ2n) is 6.61. The van der Waals surface area contributed by atoms with Crippen LogP contribution in [-0.4, -0.2) is 25.4 Å². The molecule has 0 saturated carbocycles. The lowest BCUT2D eigenvalue weighted by Gasteiger charge is -2.12. The summed E-state index contributed by atoms with van der Waals surface area (Å²) >= 11 is 6.05. The van der Waals surface area contributed by atoms with Gasteiger partial charge in [0.25, 0.3) is 0 Å². The van der Waals surface area contributed by atoms with Crippen LogP contribution in [-0.2, 0) is 21.2 Å². The van der Waals surface area contributed by atoms with E-state index in [1.807, 2.05) is 0 Å². The van der Waals surface area contributed by atoms with Crippen molar-refractivity contribution >= 4 is 39.2 Å². The maximum absolute atomic E-state index is 14.4. The van der Waals surface area contributed by atoms with Crippen molar-refractivity contribution in [2.24, 2.45) is 5.14 Å². The van der Waals surface area contributed by atoms with Gasteiger partial charge in [-0.05, 0) is 53.6 Å². The third-order valence-electron chi connectivity index (χ3n) is 4.35. The molecule has 3 aromatic rings. The highest BCUT2D eigenvalue weighted by atomic mass is 35.5. The van der Waals surface area contributed by atoms with Crippen molar-refractivity contribution in [3.63, 3.8) is 0 Å². The monoisotopic (exact) mass is 462 g/mol. The summed E-state index contributed by atoms with van der Waals surface area (Å²) < 4.78 is 38.2. The third-order valence-corrected chi connectivity index (χ3v) is 5.61. The number of sulfonamides is 1. The van der Waals surface area contributed by atoms with E-state index in [2.05, 4.69) is 5.32 Å². The Morgan fingerprint density at radius 3 is 2.42 bits per heavy atom. The summed E-state index contributed by atoms with van der Waals surface area (Å²) in [6, 6.07) is 13.4. The zero-order chi connectivity index (χ0) is 22.8. The van der Waals surface area contributed by atoms with Crippen LogP contribution in [0.4, 0.5) is 10.1 Å². The molecule has 0 spiro atoms. The number of hydrogen-bond donors (Lipinski definition) is 3. The smallest absolute Gasteiger partial charge is 0.335 e. The number of aromatic carboxylic acids is 1. The first-order valence-electron chi connectivity index (χ1n) is 8.79. The molecule has 0 atom stereocenters. The molecule has 0 bridgehead atoms. The van der Waals surface area contributed by atoms with Crippen LogP contribution in [0.2, 0.25) is 5.02 Å². The second kappa shape index (κ2) is 8.84. The third kappa shape index (κ3) is 5.46. The van der Waals surface area contributed by atoms with E-state index in [0.717, 1.165) is 30.3 Å². The molecule has 4 N–H and O–H groups in total. The SMILES string of the molecule is NS(=O)(=O)c1cc(NC(=O)Cc2ccccc2Cl)cc(-c2cc(C(=O)O)ccc2F)c1. The highest BCUT2D eigenvalue weighted by Gasteiger charge is 2.17. The van der Waals surface area contributed by atoms with Crippen molar-refractivity contribution in [1.82, 2.24) is 0 Å². The van der Waals surface area contributed by atoms with E-state index in [1.165, 1.54) is 6.07 Å². The van der Waals surface area contributed by atoms with Gasteiger partial charge in [0.05, 0.1) is 16.9 Å². The van der Waals surface area contributed by atoms with Crippen molar-refractivity contribution in [3.05, 3.63) is 82.6 Å². The standard InChI is InChI=1S/C21H16ClFN2O5S/c22-18-4-2-1-3-12(18)10-20(26)25-15-7-14(8-16(11-15)31(24,29)30)17-9-13(21(27)28)5-6-19(17)23/h1-9,11H,10H2,(H,25,26)(H,27,28)(H2,24,29,30). The van der Waals surface area contributed by atoms with E-state index in [-0.39, 0.29) is 33.7 Å². The number of carbonyl (C=O) groups excluding carboxylic acids is 1. The second-order valence-corrected chi connectivity index (χ2v) is 8.58. The maximum Gasteiger partial charge on any atom is 0.335 e. The number of primary sulfonamides is 1. The molecular formula is C21H16ClFN2O5S. The average Bonchev–Trinajstić information content (AvgIpc) is 2.69. The number of halogens is 2. The molecule has 31 heavy (non-hydrogen) atoms. The number of carboxylic acid groups (broad SMARTS) is 1. The summed E-state index contributed by atoms with van der Waals surface area (Å²) in [5, 5.41) is 17.3. The van der Waals surface area contributed by atoms with Crippen LogP contribution in [0, 0.1) is 5.82 Å². The predicted molar refractivity (Wildman–Crippen MR) is 114 cm³/mol. The molecule has 0 aliphatic heterocycles. The van der Waals surface area contributed by atoms with Crippen molar-refractivity contribution in [3.8, 4) is 11.1 Å². The minimum atomic E-state index is -4.21. The Labute approximate surface area is 182 Å². The number of nitrogens with two attached hydrogens (primary N) is 1. The molecule has 0 aromatic heterocycles. The van der Waals surface area contributed by atoms with Crippen LogP contribution in [0.15, 0.2) is 65.6 Å². The van der Waals surface area contributed by atoms with Gasteiger partial charge in [-0.2, -0.15) is 0 Å². The van der Waals surface area contributed by atoms with Crippen LogP contribution in [0.1, 0.15) is 15.9 Å². The summed E-state index contributed by atoms with van der Waals surface area (Å²) in [5.41, 5.74) is 0.275. The number of carboxylic acids is 1. The largest absolute Gasteiger partial charge is 0.478 e. The number of amides is 1. The Bertz CT molecular complexity index is 1290. The molecule has 10 heteroatoms. The molecule has 0 heterocycles. The van der Waals surface area contributed by atoms with Crippen molar-refractivity contribution < 1.29 is 27.5 Å². The molecule has 1 amide bonds. The molecule has 0 fully saturated rings. The van der Waals surface area contributed by atoms with Gasteiger partial charge in [0.2, 0.25) is 15.9 Å². The molecule has 3 rings (SSSR count). The fraction of sp³-hybridized carbons (Fsp3) is 0.0476. The summed E-state index contributed by atoms with van der Waals surface area (Å²) in [5.74, 6) is -2.55. The first-order valence-corrected chi connectivity index (χ1v) is 10.7. The fourth-order valence-electron chi connectivity index (χ4n) is 2.89. The Balaban J connectivity index is 2.02. The number of benzene rings is 3. The highest BCUT2D eigenvalue weighted by molar-refractivity contribution is 7.89. The van der Waals surface area contributed by atoms with Gasteiger partial charge in [-0.25, -0.2) is 22.7 Å². The topological polar surface area (TPSA) is 127 Å². The van der Waals surface area contributed by atoms with Crippen LogP contribution in [0.3, 0.4) is 0 Å². The maximum atomic E-state index is 14.4. The fourth-order valence-corrected chi connectivity index (χ4v) is 3.68. The Morgan fingerprint density at radius 2 is 1.77 bits per heavy atom. The van der Waals surface area contributed by atoms with Gasteiger partial charge >= 0.3 is 5.97 Å². The molecule has 0 aliphatic rings. The molecule has 7 nitrogen and oxygen atoms in total. The lowest BCUT2D eigenvalue weighted by Crippen LogP contribution is -2.16. The van der Waals surface area contributed by atoms with Crippen molar-refractivity contribution in [2.75, 3.05) is 5.32 Å². The number of anilines is 1. The van der Waals surface area contributed by atoms with Crippen LogP contribution in [0.25, 0.3) is 11.1 Å². The molecule has 0 unspecified atom stereocenters. The van der Waals surface area contributed by atoms with E-state index >= 15 is 0 Å². The van der Waals surface area contributed by atoms with Gasteiger partial charge in [0.1, 0.15) is 5.82 Å². The Hall–Kier alpha value is -3.27. The summed E-state index contributed by atoms with van der Waals surface area (Å²) in [6.07, 6.45) is -0.0858. The van der Waals surface area contributed by atoms with Gasteiger partial charge in [-0.3, -0.25) is 4.79 Å².